The maximum absolute atomic E-state index is 13.7. The van der Waals surface area contributed by atoms with Gasteiger partial charge in [-0.25, -0.2) is 4.39 Å². The van der Waals surface area contributed by atoms with E-state index >= 15 is 0 Å². The lowest BCUT2D eigenvalue weighted by Crippen LogP contribution is -2.22. The Morgan fingerprint density at radius 1 is 1.43 bits per heavy atom. The molecule has 1 N–H and O–H groups in total. The lowest BCUT2D eigenvalue weighted by atomic mass is 9.87. The highest BCUT2D eigenvalue weighted by Crippen LogP contribution is 2.29. The molecule has 0 fully saturated rings. The van der Waals surface area contributed by atoms with Crippen molar-refractivity contribution in [3.05, 3.63) is 52.6 Å². The Morgan fingerprint density at radius 2 is 2.22 bits per heavy atom. The second kappa shape index (κ2) is 5.79. The number of anilines is 1. The number of nitrogens with one attached hydrogen (secondary N) is 1. The van der Waals surface area contributed by atoms with E-state index in [1.165, 1.54) is 18.2 Å². The fourth-order valence-electron chi connectivity index (χ4n) is 2.77. The van der Waals surface area contributed by atoms with Crippen molar-refractivity contribution in [2.75, 3.05) is 12.4 Å². The van der Waals surface area contributed by atoms with Gasteiger partial charge in [-0.1, -0.05) is 0 Å². The molecule has 1 aliphatic rings. The van der Waals surface area contributed by atoms with Crippen LogP contribution < -0.4 is 5.32 Å². The van der Waals surface area contributed by atoms with E-state index in [0.29, 0.717) is 11.3 Å². The number of aryl methyl sites for hydroxylation is 1. The van der Waals surface area contributed by atoms with Crippen LogP contribution in [0.15, 0.2) is 30.0 Å². The molecule has 0 saturated heterocycles. The van der Waals surface area contributed by atoms with Crippen LogP contribution in [0.1, 0.15) is 16.8 Å². The summed E-state index contributed by atoms with van der Waals surface area (Å²) in [6, 6.07) is 4.43. The smallest absolute Gasteiger partial charge is 0.172 e. The molecule has 2 aromatic rings. The zero-order chi connectivity index (χ0) is 16.6. The fourth-order valence-corrected chi connectivity index (χ4v) is 2.77. The van der Waals surface area contributed by atoms with Crippen LogP contribution in [-0.2, 0) is 29.5 Å². The summed E-state index contributed by atoms with van der Waals surface area (Å²) in [4.78, 5) is 24.8. The number of hydrogen-bond acceptors (Lipinski definition) is 4. The molecule has 6 heteroatoms. The van der Waals surface area contributed by atoms with Gasteiger partial charge in [-0.05, 0) is 35.4 Å². The SMILES string of the molecule is CNc1cc(F)cc2c1CC(=O)C(C(=O)Cc1ccnn1C)=C2. The minimum atomic E-state index is -0.405. The number of fused-ring (bicyclic) bond motifs is 1. The summed E-state index contributed by atoms with van der Waals surface area (Å²) in [5.74, 6) is -0.926. The number of Topliss-reactive ketones (excluding diaryl/α,β-unsaturated/α-hetero) is 2. The summed E-state index contributed by atoms with van der Waals surface area (Å²) in [7, 11) is 3.41. The van der Waals surface area contributed by atoms with Gasteiger partial charge >= 0.3 is 0 Å². The zero-order valence-corrected chi connectivity index (χ0v) is 12.9. The highest BCUT2D eigenvalue weighted by atomic mass is 19.1. The van der Waals surface area contributed by atoms with E-state index in [4.69, 9.17) is 0 Å². The number of carbonyl (C=O) groups is 2. The number of ketones is 2. The van der Waals surface area contributed by atoms with Crippen LogP contribution in [0.25, 0.3) is 6.08 Å². The molecule has 0 saturated carbocycles. The molecule has 0 unspecified atom stereocenters. The van der Waals surface area contributed by atoms with E-state index in [0.717, 1.165) is 11.3 Å². The van der Waals surface area contributed by atoms with Gasteiger partial charge in [0, 0.05) is 38.1 Å². The quantitative estimate of drug-likeness (QED) is 0.876. The van der Waals surface area contributed by atoms with Gasteiger partial charge in [-0.3, -0.25) is 14.3 Å². The third-order valence-electron chi connectivity index (χ3n) is 4.02. The van der Waals surface area contributed by atoms with Gasteiger partial charge in [-0.2, -0.15) is 5.10 Å². The molecule has 0 bridgehead atoms. The second-order valence-electron chi connectivity index (χ2n) is 5.48. The third-order valence-corrected chi connectivity index (χ3v) is 4.02. The number of hydrogen-bond donors (Lipinski definition) is 1. The third kappa shape index (κ3) is 2.79. The number of aromatic nitrogens is 2. The van der Waals surface area contributed by atoms with Crippen molar-refractivity contribution in [1.82, 2.24) is 9.78 Å². The highest BCUT2D eigenvalue weighted by molar-refractivity contribution is 6.25. The van der Waals surface area contributed by atoms with E-state index in [2.05, 4.69) is 10.4 Å². The van der Waals surface area contributed by atoms with Crippen molar-refractivity contribution in [3.63, 3.8) is 0 Å². The fraction of sp³-hybridized carbons (Fsp3) is 0.235. The Hall–Kier alpha value is -2.76. The maximum atomic E-state index is 13.7. The lowest BCUT2D eigenvalue weighted by molar-refractivity contribution is -0.120. The Morgan fingerprint density at radius 3 is 2.87 bits per heavy atom. The molecule has 1 aromatic heterocycles. The first-order valence-corrected chi connectivity index (χ1v) is 7.24. The number of carbonyl (C=O) groups excluding carboxylic acids is 2. The number of nitrogens with zero attached hydrogens (tertiary/aromatic N) is 2. The van der Waals surface area contributed by atoms with Gasteiger partial charge in [0.2, 0.25) is 0 Å². The van der Waals surface area contributed by atoms with Crippen LogP contribution in [0.5, 0.6) is 0 Å². The first-order chi connectivity index (χ1) is 11.0. The number of allylic oxidation sites excluding steroid dienone is 1. The molecule has 0 amide bonds. The van der Waals surface area contributed by atoms with Crippen LogP contribution in [0.4, 0.5) is 10.1 Å². The summed E-state index contributed by atoms with van der Waals surface area (Å²) in [5, 5.41) is 6.89. The minimum absolute atomic E-state index is 0.0920. The van der Waals surface area contributed by atoms with Gasteiger partial charge in [0.25, 0.3) is 0 Å². The minimum Gasteiger partial charge on any atom is -0.388 e. The van der Waals surface area contributed by atoms with Crippen molar-refractivity contribution >= 4 is 23.3 Å². The highest BCUT2D eigenvalue weighted by Gasteiger charge is 2.26. The molecule has 23 heavy (non-hydrogen) atoms. The average Bonchev–Trinajstić information content (AvgIpc) is 2.91. The molecule has 3 rings (SSSR count). The molecule has 0 atom stereocenters. The topological polar surface area (TPSA) is 64.0 Å². The molecule has 0 radical (unpaired) electrons. The molecular formula is C17H16FN3O2. The van der Waals surface area contributed by atoms with E-state index in [1.807, 2.05) is 0 Å². The normalized spacial score (nSPS) is 13.5. The van der Waals surface area contributed by atoms with E-state index < -0.39 is 5.82 Å². The van der Waals surface area contributed by atoms with Crippen LogP contribution >= 0.6 is 0 Å². The zero-order valence-electron chi connectivity index (χ0n) is 12.9. The molecule has 0 aliphatic heterocycles. The number of rotatable bonds is 4. The lowest BCUT2D eigenvalue weighted by Gasteiger charge is -2.18. The van der Waals surface area contributed by atoms with Crippen LogP contribution in [0, 0.1) is 5.82 Å². The largest absolute Gasteiger partial charge is 0.388 e. The molecule has 0 spiro atoms. The van der Waals surface area contributed by atoms with Crippen molar-refractivity contribution in [2.45, 2.75) is 12.8 Å². The molecule has 1 heterocycles. The molecule has 1 aromatic carbocycles. The first-order valence-electron chi connectivity index (χ1n) is 7.24. The predicted molar refractivity (Wildman–Crippen MR) is 84.6 cm³/mol. The average molecular weight is 313 g/mol. The Labute approximate surface area is 132 Å². The number of halogens is 1. The molecule has 118 valence electrons. The summed E-state index contributed by atoms with van der Waals surface area (Å²) >= 11 is 0. The Bertz CT molecular complexity index is 836. The Balaban J connectivity index is 1.97. The monoisotopic (exact) mass is 313 g/mol. The second-order valence-corrected chi connectivity index (χ2v) is 5.48. The van der Waals surface area contributed by atoms with E-state index in [9.17, 15) is 14.0 Å². The van der Waals surface area contributed by atoms with Crippen molar-refractivity contribution in [3.8, 4) is 0 Å². The summed E-state index contributed by atoms with van der Waals surface area (Å²) in [5.41, 5.74) is 2.71. The molecular weight excluding hydrogens is 297 g/mol. The predicted octanol–water partition coefficient (Wildman–Crippen LogP) is 1.92. The number of benzene rings is 1. The van der Waals surface area contributed by atoms with Gasteiger partial charge in [0.05, 0.1) is 12.0 Å². The van der Waals surface area contributed by atoms with Gasteiger partial charge in [-0.15, -0.1) is 0 Å². The van der Waals surface area contributed by atoms with Gasteiger partial charge in [0.15, 0.2) is 11.6 Å². The van der Waals surface area contributed by atoms with Crippen LogP contribution in [0.3, 0.4) is 0 Å². The van der Waals surface area contributed by atoms with Gasteiger partial charge in [0.1, 0.15) is 5.82 Å². The van der Waals surface area contributed by atoms with E-state index in [-0.39, 0.29) is 30.0 Å². The van der Waals surface area contributed by atoms with Crippen molar-refractivity contribution in [1.29, 1.82) is 0 Å². The molecule has 5 nitrogen and oxygen atoms in total. The van der Waals surface area contributed by atoms with Crippen LogP contribution in [-0.4, -0.2) is 28.4 Å². The standard InChI is InChI=1S/C17H16FN3O2/c1-19-15-7-11(18)5-10-6-14(17(23)9-13(10)15)16(22)8-12-3-4-20-21(12)2/h3-7,19H,8-9H2,1-2H3. The maximum Gasteiger partial charge on any atom is 0.172 e. The van der Waals surface area contributed by atoms with Gasteiger partial charge < -0.3 is 5.32 Å². The summed E-state index contributed by atoms with van der Waals surface area (Å²) in [6.45, 7) is 0. The van der Waals surface area contributed by atoms with Crippen LogP contribution in [0.2, 0.25) is 0 Å². The van der Waals surface area contributed by atoms with E-state index in [1.54, 1.807) is 31.0 Å². The van der Waals surface area contributed by atoms with Crippen molar-refractivity contribution in [2.24, 2.45) is 7.05 Å². The summed E-state index contributed by atoms with van der Waals surface area (Å²) in [6.07, 6.45) is 3.28. The first kappa shape index (κ1) is 15.1. The summed E-state index contributed by atoms with van der Waals surface area (Å²) < 4.78 is 15.3. The molecule has 1 aliphatic carbocycles. The van der Waals surface area contributed by atoms with Crippen molar-refractivity contribution < 1.29 is 14.0 Å². The Kier molecular flexibility index (Phi) is 3.82.